The number of fused-ring (bicyclic) bond motifs is 1. The van der Waals surface area contributed by atoms with Gasteiger partial charge in [0.1, 0.15) is 5.03 Å². The summed E-state index contributed by atoms with van der Waals surface area (Å²) in [7, 11) is 0. The molecule has 1 aromatic heterocycles. The molecular weight excluding hydrogens is 370 g/mol. The largest absolute Gasteiger partial charge is 0.378 e. The number of carbonyl (C=O) groups is 1. The minimum atomic E-state index is 0.132. The van der Waals surface area contributed by atoms with Gasteiger partial charge in [0.2, 0.25) is 5.91 Å². The maximum Gasteiger partial charge on any atom is 0.233 e. The van der Waals surface area contributed by atoms with Gasteiger partial charge in [0.25, 0.3) is 0 Å². The highest BCUT2D eigenvalue weighted by atomic mass is 32.2. The van der Waals surface area contributed by atoms with Crippen LogP contribution >= 0.6 is 11.8 Å². The van der Waals surface area contributed by atoms with E-state index in [0.29, 0.717) is 37.9 Å². The summed E-state index contributed by atoms with van der Waals surface area (Å²) >= 11 is 1.50. The number of amides is 1. The van der Waals surface area contributed by atoms with Crippen molar-refractivity contribution in [3.05, 3.63) is 54.1 Å². The van der Waals surface area contributed by atoms with Crippen LogP contribution in [0.25, 0.3) is 22.3 Å². The van der Waals surface area contributed by atoms with Crippen molar-refractivity contribution in [2.24, 2.45) is 0 Å². The molecule has 28 heavy (non-hydrogen) atoms. The van der Waals surface area contributed by atoms with Gasteiger partial charge in [-0.25, -0.2) is 9.97 Å². The van der Waals surface area contributed by atoms with Crippen LogP contribution in [0.5, 0.6) is 0 Å². The molecule has 0 bridgehead atoms. The van der Waals surface area contributed by atoms with Crippen molar-refractivity contribution in [1.29, 1.82) is 0 Å². The molecule has 4 rings (SSSR count). The molecule has 3 aromatic rings. The number of para-hydroxylation sites is 1. The van der Waals surface area contributed by atoms with Crippen molar-refractivity contribution in [2.75, 3.05) is 32.1 Å². The lowest BCUT2D eigenvalue weighted by Gasteiger charge is -2.26. The topological polar surface area (TPSA) is 55.3 Å². The van der Waals surface area contributed by atoms with Gasteiger partial charge in [-0.05, 0) is 12.0 Å². The Balaban J connectivity index is 1.68. The minimum Gasteiger partial charge on any atom is -0.378 e. The lowest BCUT2D eigenvalue weighted by molar-refractivity contribution is -0.132. The standard InChI is InChI=1S/C22H23N3O2S/c1-2-16-9-6-10-18-20(16)23-21(17-7-4-3-5-8-17)24-22(18)28-15-19(26)25-11-13-27-14-12-25/h3-10H,2,11-15H2,1H3. The summed E-state index contributed by atoms with van der Waals surface area (Å²) in [6.45, 7) is 4.70. The van der Waals surface area contributed by atoms with Crippen molar-refractivity contribution in [1.82, 2.24) is 14.9 Å². The van der Waals surface area contributed by atoms with Gasteiger partial charge in [-0.2, -0.15) is 0 Å². The lowest BCUT2D eigenvalue weighted by atomic mass is 10.1. The quantitative estimate of drug-likeness (QED) is 0.487. The summed E-state index contributed by atoms with van der Waals surface area (Å²) in [5.74, 6) is 1.21. The molecule has 144 valence electrons. The van der Waals surface area contributed by atoms with Crippen LogP contribution in [0.1, 0.15) is 12.5 Å². The highest BCUT2D eigenvalue weighted by Gasteiger charge is 2.19. The first-order chi connectivity index (χ1) is 13.8. The molecule has 0 unspecified atom stereocenters. The first-order valence-corrected chi connectivity index (χ1v) is 10.6. The van der Waals surface area contributed by atoms with Crippen LogP contribution in [0.4, 0.5) is 0 Å². The van der Waals surface area contributed by atoms with Crippen LogP contribution in [0.2, 0.25) is 0 Å². The van der Waals surface area contributed by atoms with E-state index in [1.807, 2.05) is 47.4 Å². The molecule has 0 N–H and O–H groups in total. The number of ether oxygens (including phenoxy) is 1. The monoisotopic (exact) mass is 393 g/mol. The summed E-state index contributed by atoms with van der Waals surface area (Å²) in [5, 5.41) is 1.87. The van der Waals surface area contributed by atoms with Gasteiger partial charge < -0.3 is 9.64 Å². The van der Waals surface area contributed by atoms with Crippen LogP contribution in [-0.2, 0) is 16.0 Å². The van der Waals surface area contributed by atoms with E-state index < -0.39 is 0 Å². The van der Waals surface area contributed by atoms with E-state index >= 15 is 0 Å². The van der Waals surface area contributed by atoms with Crippen LogP contribution < -0.4 is 0 Å². The molecule has 6 heteroatoms. The Morgan fingerprint density at radius 2 is 1.86 bits per heavy atom. The zero-order chi connectivity index (χ0) is 19.3. The van der Waals surface area contributed by atoms with Gasteiger partial charge >= 0.3 is 0 Å². The minimum absolute atomic E-state index is 0.132. The summed E-state index contributed by atoms with van der Waals surface area (Å²) in [4.78, 5) is 24.1. The molecule has 0 atom stereocenters. The van der Waals surface area contributed by atoms with Gasteiger partial charge in [-0.1, -0.05) is 67.2 Å². The molecule has 1 fully saturated rings. The first kappa shape index (κ1) is 18.9. The van der Waals surface area contributed by atoms with E-state index in [2.05, 4.69) is 13.0 Å². The second kappa shape index (κ2) is 8.71. The average Bonchev–Trinajstić information content (AvgIpc) is 2.77. The fraction of sp³-hybridized carbons (Fsp3) is 0.318. The second-order valence-corrected chi connectivity index (χ2v) is 7.63. The number of nitrogens with zero attached hydrogens (tertiary/aromatic N) is 3. The molecule has 1 amide bonds. The fourth-order valence-corrected chi connectivity index (χ4v) is 4.24. The Kier molecular flexibility index (Phi) is 5.88. The van der Waals surface area contributed by atoms with Gasteiger partial charge in [0.05, 0.1) is 24.5 Å². The Labute approximate surface area is 169 Å². The number of rotatable bonds is 5. The van der Waals surface area contributed by atoms with E-state index in [-0.39, 0.29) is 5.91 Å². The summed E-state index contributed by atoms with van der Waals surface area (Å²) in [5.41, 5.74) is 3.15. The Hall–Kier alpha value is -2.44. The summed E-state index contributed by atoms with van der Waals surface area (Å²) < 4.78 is 5.34. The van der Waals surface area contributed by atoms with Crippen molar-refractivity contribution < 1.29 is 9.53 Å². The Bertz CT molecular complexity index is 972. The van der Waals surface area contributed by atoms with E-state index in [4.69, 9.17) is 14.7 Å². The number of carbonyl (C=O) groups excluding carboxylic acids is 1. The number of aryl methyl sites for hydroxylation is 1. The molecular formula is C22H23N3O2S. The molecule has 1 saturated heterocycles. The van der Waals surface area contributed by atoms with E-state index in [1.54, 1.807) is 0 Å². The number of hydrogen-bond donors (Lipinski definition) is 0. The van der Waals surface area contributed by atoms with Crippen LogP contribution in [0.3, 0.4) is 0 Å². The fourth-order valence-electron chi connectivity index (χ4n) is 3.33. The van der Waals surface area contributed by atoms with Crippen LogP contribution in [-0.4, -0.2) is 52.8 Å². The second-order valence-electron chi connectivity index (χ2n) is 6.67. The summed E-state index contributed by atoms with van der Waals surface area (Å²) in [6.07, 6.45) is 0.902. The van der Waals surface area contributed by atoms with E-state index in [1.165, 1.54) is 17.3 Å². The third-order valence-corrected chi connectivity index (χ3v) is 5.86. The predicted octanol–water partition coefficient (Wildman–Crippen LogP) is 3.81. The van der Waals surface area contributed by atoms with Gasteiger partial charge in [0, 0.05) is 24.0 Å². The third-order valence-electron chi connectivity index (χ3n) is 4.88. The van der Waals surface area contributed by atoms with Crippen molar-refractivity contribution in [2.45, 2.75) is 18.4 Å². The predicted molar refractivity (Wildman–Crippen MR) is 112 cm³/mol. The highest BCUT2D eigenvalue weighted by molar-refractivity contribution is 8.00. The summed E-state index contributed by atoms with van der Waals surface area (Å²) in [6, 6.07) is 16.2. The Morgan fingerprint density at radius 3 is 2.61 bits per heavy atom. The average molecular weight is 394 g/mol. The first-order valence-electron chi connectivity index (χ1n) is 9.59. The van der Waals surface area contributed by atoms with Crippen molar-refractivity contribution in [3.63, 3.8) is 0 Å². The highest BCUT2D eigenvalue weighted by Crippen LogP contribution is 2.30. The normalized spacial score (nSPS) is 14.4. The SMILES string of the molecule is CCc1cccc2c(SCC(=O)N3CCOCC3)nc(-c3ccccc3)nc12. The molecule has 1 aliphatic heterocycles. The maximum atomic E-state index is 12.6. The number of thioether (sulfide) groups is 1. The van der Waals surface area contributed by atoms with E-state index in [9.17, 15) is 4.79 Å². The molecule has 2 heterocycles. The number of hydrogen-bond acceptors (Lipinski definition) is 5. The van der Waals surface area contributed by atoms with E-state index in [0.717, 1.165) is 27.9 Å². The van der Waals surface area contributed by atoms with Crippen molar-refractivity contribution in [3.8, 4) is 11.4 Å². The number of aromatic nitrogens is 2. The van der Waals surface area contributed by atoms with Crippen LogP contribution in [0, 0.1) is 0 Å². The Morgan fingerprint density at radius 1 is 1.07 bits per heavy atom. The van der Waals surface area contributed by atoms with Crippen LogP contribution in [0.15, 0.2) is 53.6 Å². The maximum absolute atomic E-state index is 12.6. The van der Waals surface area contributed by atoms with Gasteiger partial charge in [0.15, 0.2) is 5.82 Å². The zero-order valence-corrected chi connectivity index (χ0v) is 16.7. The number of benzene rings is 2. The third kappa shape index (κ3) is 4.03. The van der Waals surface area contributed by atoms with Gasteiger partial charge in [-0.3, -0.25) is 4.79 Å². The zero-order valence-electron chi connectivity index (χ0n) is 15.9. The molecule has 0 spiro atoms. The number of morpholine rings is 1. The molecule has 0 aliphatic carbocycles. The smallest absolute Gasteiger partial charge is 0.233 e. The molecule has 2 aromatic carbocycles. The van der Waals surface area contributed by atoms with Gasteiger partial charge in [-0.15, -0.1) is 0 Å². The molecule has 0 saturated carbocycles. The molecule has 1 aliphatic rings. The molecule has 0 radical (unpaired) electrons. The molecule has 5 nitrogen and oxygen atoms in total. The van der Waals surface area contributed by atoms with Crippen molar-refractivity contribution >= 4 is 28.6 Å². The lowest BCUT2D eigenvalue weighted by Crippen LogP contribution is -2.41.